The molecule has 1 aliphatic heterocycles. The van der Waals surface area contributed by atoms with Crippen LogP contribution in [0.5, 0.6) is 0 Å². The van der Waals surface area contributed by atoms with E-state index in [-0.39, 0.29) is 3.26 Å². The van der Waals surface area contributed by atoms with E-state index < -0.39 is 10.1 Å². The van der Waals surface area contributed by atoms with Crippen molar-refractivity contribution < 1.29 is 12.6 Å². The third-order valence-corrected chi connectivity index (χ3v) is 4.75. The van der Waals surface area contributed by atoms with E-state index in [1.165, 1.54) is 0 Å². The first-order valence-electron chi connectivity index (χ1n) is 2.15. The van der Waals surface area contributed by atoms with Gasteiger partial charge in [0.05, 0.1) is 6.61 Å². The van der Waals surface area contributed by atoms with Gasteiger partial charge in [-0.15, -0.1) is 0 Å². The lowest BCUT2D eigenvalue weighted by Gasteiger charge is -1.92. The lowest BCUT2D eigenvalue weighted by molar-refractivity contribution is 0.354. The van der Waals surface area contributed by atoms with Gasteiger partial charge in [-0.2, -0.15) is 8.42 Å². The van der Waals surface area contributed by atoms with Crippen molar-refractivity contribution in [3.05, 3.63) is 0 Å². The Bertz CT molecular complexity index is 173. The van der Waals surface area contributed by atoms with E-state index >= 15 is 0 Å². The summed E-state index contributed by atoms with van der Waals surface area (Å²) in [7, 11) is -3.14. The second-order valence-electron chi connectivity index (χ2n) is 1.51. The minimum Gasteiger partial charge on any atom is -0.269 e. The van der Waals surface area contributed by atoms with Gasteiger partial charge >= 0.3 is 0 Å². The van der Waals surface area contributed by atoms with Gasteiger partial charge in [-0.1, -0.05) is 22.6 Å². The van der Waals surface area contributed by atoms with Gasteiger partial charge in [-0.05, 0) is 0 Å². The van der Waals surface area contributed by atoms with E-state index in [1.54, 1.807) is 0 Å². The van der Waals surface area contributed by atoms with Crippen molar-refractivity contribution in [2.24, 2.45) is 0 Å². The molecule has 3 nitrogen and oxygen atoms in total. The van der Waals surface area contributed by atoms with E-state index in [0.29, 0.717) is 13.0 Å². The standard InChI is InChI=1S/C3H5IO3S/c4-3-1-2-7-8(3,5)6/h3H,1-2H2. The zero-order valence-electron chi connectivity index (χ0n) is 4.00. The summed E-state index contributed by atoms with van der Waals surface area (Å²) in [6.07, 6.45) is 0.628. The smallest absolute Gasteiger partial charge is 0.269 e. The van der Waals surface area contributed by atoms with Crippen LogP contribution in [0.25, 0.3) is 0 Å². The predicted octanol–water partition coefficient (Wildman–Crippen LogP) is 0.498. The largest absolute Gasteiger partial charge is 0.279 e. The van der Waals surface area contributed by atoms with Crippen molar-refractivity contribution in [2.75, 3.05) is 6.61 Å². The molecule has 1 unspecified atom stereocenters. The molecular weight excluding hydrogens is 243 g/mol. The maximum absolute atomic E-state index is 10.5. The van der Waals surface area contributed by atoms with Gasteiger partial charge in [0, 0.05) is 6.42 Å². The quantitative estimate of drug-likeness (QED) is 0.356. The lowest BCUT2D eigenvalue weighted by Crippen LogP contribution is -2.05. The minimum atomic E-state index is -3.14. The second-order valence-corrected chi connectivity index (χ2v) is 5.65. The molecule has 0 radical (unpaired) electrons. The minimum absolute atomic E-state index is 0.319. The van der Waals surface area contributed by atoms with Gasteiger partial charge < -0.3 is 0 Å². The van der Waals surface area contributed by atoms with E-state index in [0.717, 1.165) is 0 Å². The summed E-state index contributed by atoms with van der Waals surface area (Å²) in [5, 5.41) is 0. The molecule has 0 aromatic heterocycles. The molecule has 0 aliphatic carbocycles. The summed E-state index contributed by atoms with van der Waals surface area (Å²) in [6, 6.07) is 0. The van der Waals surface area contributed by atoms with Crippen molar-refractivity contribution in [1.82, 2.24) is 0 Å². The highest BCUT2D eigenvalue weighted by Crippen LogP contribution is 2.22. The Kier molecular flexibility index (Phi) is 1.78. The summed E-state index contributed by atoms with van der Waals surface area (Å²) in [5.41, 5.74) is 0. The summed E-state index contributed by atoms with van der Waals surface area (Å²) < 4.78 is 25.2. The Morgan fingerprint density at radius 2 is 2.25 bits per heavy atom. The molecule has 8 heavy (non-hydrogen) atoms. The molecule has 0 aromatic carbocycles. The first-order valence-corrected chi connectivity index (χ1v) is 4.87. The molecule has 5 heteroatoms. The fourth-order valence-corrected chi connectivity index (χ4v) is 2.03. The van der Waals surface area contributed by atoms with E-state index in [9.17, 15) is 8.42 Å². The van der Waals surface area contributed by atoms with Crippen LogP contribution in [0.2, 0.25) is 0 Å². The highest BCUT2D eigenvalue weighted by molar-refractivity contribution is 14.1. The molecule has 1 atom stereocenters. The SMILES string of the molecule is O=S1(=O)OCCC1I. The molecule has 0 bridgehead atoms. The maximum atomic E-state index is 10.5. The zero-order valence-corrected chi connectivity index (χ0v) is 6.98. The van der Waals surface area contributed by atoms with Gasteiger partial charge in [0.1, 0.15) is 3.26 Å². The second kappa shape index (κ2) is 2.11. The first-order chi connectivity index (χ1) is 3.63. The summed E-state index contributed by atoms with van der Waals surface area (Å²) in [4.78, 5) is 0. The van der Waals surface area contributed by atoms with Crippen LogP contribution in [-0.2, 0) is 14.3 Å². The molecule has 0 spiro atoms. The van der Waals surface area contributed by atoms with Crippen LogP contribution in [0, 0.1) is 0 Å². The molecule has 0 aromatic rings. The summed E-state index contributed by atoms with van der Waals surface area (Å²) in [5.74, 6) is 0. The van der Waals surface area contributed by atoms with Crippen LogP contribution >= 0.6 is 22.6 Å². The van der Waals surface area contributed by atoms with Crippen molar-refractivity contribution in [1.29, 1.82) is 0 Å². The average molecular weight is 248 g/mol. The predicted molar refractivity (Wildman–Crippen MR) is 37.3 cm³/mol. The van der Waals surface area contributed by atoms with E-state index in [2.05, 4.69) is 4.18 Å². The van der Waals surface area contributed by atoms with Crippen LogP contribution < -0.4 is 0 Å². The molecule has 0 N–H and O–H groups in total. The van der Waals surface area contributed by atoms with E-state index in [4.69, 9.17) is 0 Å². The van der Waals surface area contributed by atoms with Crippen LogP contribution in [-0.4, -0.2) is 18.3 Å². The Morgan fingerprint density at radius 1 is 1.62 bits per heavy atom. The molecule has 48 valence electrons. The van der Waals surface area contributed by atoms with Crippen molar-refractivity contribution in [3.8, 4) is 0 Å². The Labute approximate surface area is 61.7 Å². The first kappa shape index (κ1) is 6.76. The topological polar surface area (TPSA) is 43.4 Å². The summed E-state index contributed by atoms with van der Waals surface area (Å²) in [6.45, 7) is 0.357. The number of hydrogen-bond acceptors (Lipinski definition) is 3. The molecule has 0 amide bonds. The lowest BCUT2D eigenvalue weighted by atomic mass is 10.5. The molecule has 1 fully saturated rings. The van der Waals surface area contributed by atoms with Crippen LogP contribution in [0.15, 0.2) is 0 Å². The van der Waals surface area contributed by atoms with Crippen LogP contribution in [0.1, 0.15) is 6.42 Å². The number of rotatable bonds is 0. The monoisotopic (exact) mass is 248 g/mol. The van der Waals surface area contributed by atoms with Gasteiger partial charge in [0.15, 0.2) is 0 Å². The third kappa shape index (κ3) is 1.14. The maximum Gasteiger partial charge on any atom is 0.279 e. The molecule has 1 aliphatic rings. The Balaban J connectivity index is 2.85. The van der Waals surface area contributed by atoms with Crippen molar-refractivity contribution in [2.45, 2.75) is 9.68 Å². The Hall–Kier alpha value is 0.640. The van der Waals surface area contributed by atoms with Crippen LogP contribution in [0.4, 0.5) is 0 Å². The summed E-state index contributed by atoms with van der Waals surface area (Å²) >= 11 is 1.86. The highest BCUT2D eigenvalue weighted by Gasteiger charge is 2.29. The Morgan fingerprint density at radius 3 is 2.38 bits per heavy atom. The zero-order chi connectivity index (χ0) is 6.20. The van der Waals surface area contributed by atoms with Crippen molar-refractivity contribution >= 4 is 32.7 Å². The van der Waals surface area contributed by atoms with Gasteiger partial charge in [-0.25, -0.2) is 0 Å². The molecular formula is C3H5IO3S. The van der Waals surface area contributed by atoms with E-state index in [1.807, 2.05) is 22.6 Å². The van der Waals surface area contributed by atoms with Crippen molar-refractivity contribution in [3.63, 3.8) is 0 Å². The number of hydrogen-bond donors (Lipinski definition) is 0. The van der Waals surface area contributed by atoms with Gasteiger partial charge in [0.2, 0.25) is 0 Å². The fourth-order valence-electron chi connectivity index (χ4n) is 0.475. The third-order valence-electron chi connectivity index (χ3n) is 0.906. The molecule has 1 saturated heterocycles. The van der Waals surface area contributed by atoms with Gasteiger partial charge in [-0.3, -0.25) is 4.18 Å². The molecule has 0 saturated carbocycles. The number of alkyl halides is 1. The van der Waals surface area contributed by atoms with Gasteiger partial charge in [0.25, 0.3) is 10.1 Å². The average Bonchev–Trinajstić information content (AvgIpc) is 1.86. The normalized spacial score (nSPS) is 35.4. The molecule has 1 heterocycles. The van der Waals surface area contributed by atoms with Crippen LogP contribution in [0.3, 0.4) is 0 Å². The number of halogens is 1. The highest BCUT2D eigenvalue weighted by atomic mass is 127. The fraction of sp³-hybridized carbons (Fsp3) is 1.00. The molecule has 1 rings (SSSR count).